The highest BCUT2D eigenvalue weighted by molar-refractivity contribution is 4.95. The Morgan fingerprint density at radius 1 is 1.31 bits per heavy atom. The van der Waals surface area contributed by atoms with Gasteiger partial charge in [0.15, 0.2) is 0 Å². The van der Waals surface area contributed by atoms with E-state index in [-0.39, 0.29) is 6.54 Å². The summed E-state index contributed by atoms with van der Waals surface area (Å²) in [6.07, 6.45) is -3.45. The van der Waals surface area contributed by atoms with Gasteiger partial charge in [0.05, 0.1) is 18.2 Å². The molecule has 0 aliphatic carbocycles. The van der Waals surface area contributed by atoms with E-state index in [1.165, 1.54) is 0 Å². The molecule has 0 aromatic carbocycles. The summed E-state index contributed by atoms with van der Waals surface area (Å²) in [7, 11) is 0. The van der Waals surface area contributed by atoms with Gasteiger partial charge in [0.25, 0.3) is 0 Å². The Morgan fingerprint density at radius 3 is 2.46 bits per heavy atom. The van der Waals surface area contributed by atoms with Crippen LogP contribution in [0.1, 0.15) is 13.3 Å². The Labute approximate surface area is 77.0 Å². The lowest BCUT2D eigenvalue weighted by Crippen LogP contribution is -2.63. The molecule has 5 nitrogen and oxygen atoms in total. The number of aliphatic hydroxyl groups excluding tert-OH is 4. The first kappa shape index (κ1) is 10.9. The van der Waals surface area contributed by atoms with Gasteiger partial charge in [-0.15, -0.1) is 0 Å². The molecule has 1 heterocycles. The summed E-state index contributed by atoms with van der Waals surface area (Å²) in [5.41, 5.74) is 0. The highest BCUT2D eigenvalue weighted by Crippen LogP contribution is 2.14. The third-order valence-corrected chi connectivity index (χ3v) is 2.51. The quantitative estimate of drug-likeness (QED) is 0.342. The van der Waals surface area contributed by atoms with Crippen molar-refractivity contribution in [1.82, 2.24) is 5.32 Å². The molecule has 0 bridgehead atoms. The van der Waals surface area contributed by atoms with Crippen LogP contribution in [-0.4, -0.2) is 57.4 Å². The van der Waals surface area contributed by atoms with Crippen LogP contribution in [0.4, 0.5) is 0 Å². The molecule has 78 valence electrons. The molecule has 5 unspecified atom stereocenters. The molecule has 1 rings (SSSR count). The van der Waals surface area contributed by atoms with Gasteiger partial charge in [-0.2, -0.15) is 0 Å². The van der Waals surface area contributed by atoms with Crippen LogP contribution in [0.5, 0.6) is 0 Å². The van der Waals surface area contributed by atoms with Gasteiger partial charge in [-0.05, 0) is 6.42 Å². The van der Waals surface area contributed by atoms with Crippen molar-refractivity contribution in [2.24, 2.45) is 0 Å². The predicted molar refractivity (Wildman–Crippen MR) is 46.1 cm³/mol. The van der Waals surface area contributed by atoms with Crippen molar-refractivity contribution in [3.63, 3.8) is 0 Å². The molecular formula is C8H17NO4. The van der Waals surface area contributed by atoms with Crippen molar-refractivity contribution >= 4 is 0 Å². The number of β-amino-alcohol motifs (C(OH)–C–C–N with tert-alkyl or cyclic N) is 1. The van der Waals surface area contributed by atoms with E-state index in [1.807, 2.05) is 0 Å². The van der Waals surface area contributed by atoms with Crippen molar-refractivity contribution in [2.75, 3.05) is 6.54 Å². The third-order valence-electron chi connectivity index (χ3n) is 2.51. The van der Waals surface area contributed by atoms with E-state index in [0.29, 0.717) is 6.42 Å². The Balaban J connectivity index is 2.58. The zero-order valence-corrected chi connectivity index (χ0v) is 7.59. The van der Waals surface area contributed by atoms with E-state index in [4.69, 9.17) is 5.11 Å². The normalized spacial score (nSPS) is 43.2. The van der Waals surface area contributed by atoms with Gasteiger partial charge < -0.3 is 25.7 Å². The minimum Gasteiger partial charge on any atom is -0.391 e. The second-order valence-electron chi connectivity index (χ2n) is 3.46. The topological polar surface area (TPSA) is 93.0 Å². The number of rotatable bonds is 2. The fraction of sp³-hybridized carbons (Fsp3) is 1.00. The predicted octanol–water partition coefficient (Wildman–Crippen LogP) is -2.19. The average Bonchev–Trinajstić information content (AvgIpc) is 2.13. The van der Waals surface area contributed by atoms with E-state index in [0.717, 1.165) is 0 Å². The van der Waals surface area contributed by atoms with E-state index >= 15 is 0 Å². The van der Waals surface area contributed by atoms with Gasteiger partial charge in [0, 0.05) is 6.54 Å². The van der Waals surface area contributed by atoms with Crippen LogP contribution >= 0.6 is 0 Å². The average molecular weight is 191 g/mol. The molecule has 0 saturated carbocycles. The Hall–Kier alpha value is -0.200. The highest BCUT2D eigenvalue weighted by Gasteiger charge is 2.38. The van der Waals surface area contributed by atoms with Crippen LogP contribution < -0.4 is 5.32 Å². The molecule has 0 aromatic rings. The van der Waals surface area contributed by atoms with Gasteiger partial charge in [0.2, 0.25) is 0 Å². The Kier molecular flexibility index (Phi) is 3.63. The molecule has 1 saturated heterocycles. The molecule has 1 aliphatic rings. The van der Waals surface area contributed by atoms with Crippen molar-refractivity contribution in [1.29, 1.82) is 0 Å². The fourth-order valence-corrected chi connectivity index (χ4v) is 1.56. The molecule has 1 aliphatic heterocycles. The fourth-order valence-electron chi connectivity index (χ4n) is 1.56. The molecular weight excluding hydrogens is 174 g/mol. The number of nitrogens with one attached hydrogen (secondary N) is 1. The number of aliphatic hydroxyl groups is 4. The first-order valence-corrected chi connectivity index (χ1v) is 4.53. The van der Waals surface area contributed by atoms with Crippen molar-refractivity contribution in [3.8, 4) is 0 Å². The smallest absolute Gasteiger partial charge is 0.109 e. The zero-order chi connectivity index (χ0) is 10.0. The minimum absolute atomic E-state index is 0.194. The Morgan fingerprint density at radius 2 is 1.92 bits per heavy atom. The first-order valence-electron chi connectivity index (χ1n) is 4.53. The van der Waals surface area contributed by atoms with Gasteiger partial charge in [-0.3, -0.25) is 0 Å². The highest BCUT2D eigenvalue weighted by atomic mass is 16.4. The van der Waals surface area contributed by atoms with E-state index in [1.54, 1.807) is 6.92 Å². The maximum absolute atomic E-state index is 9.48. The number of piperidine rings is 1. The van der Waals surface area contributed by atoms with Crippen LogP contribution in [0.15, 0.2) is 0 Å². The molecule has 5 heteroatoms. The van der Waals surface area contributed by atoms with Crippen molar-refractivity contribution in [2.45, 2.75) is 43.8 Å². The van der Waals surface area contributed by atoms with E-state index < -0.39 is 30.5 Å². The van der Waals surface area contributed by atoms with Crippen LogP contribution in [-0.2, 0) is 0 Å². The van der Waals surface area contributed by atoms with Gasteiger partial charge in [-0.25, -0.2) is 0 Å². The maximum Gasteiger partial charge on any atom is 0.109 e. The van der Waals surface area contributed by atoms with Gasteiger partial charge >= 0.3 is 0 Å². The monoisotopic (exact) mass is 191 g/mol. The lowest BCUT2D eigenvalue weighted by atomic mass is 9.91. The van der Waals surface area contributed by atoms with Gasteiger partial charge in [0.1, 0.15) is 12.2 Å². The third kappa shape index (κ3) is 2.18. The molecule has 5 atom stereocenters. The molecule has 0 amide bonds. The van der Waals surface area contributed by atoms with E-state index in [2.05, 4.69) is 5.32 Å². The lowest BCUT2D eigenvalue weighted by molar-refractivity contribution is -0.113. The molecule has 1 fully saturated rings. The summed E-state index contributed by atoms with van der Waals surface area (Å²) in [5, 5.41) is 40.2. The molecule has 0 spiro atoms. The van der Waals surface area contributed by atoms with E-state index in [9.17, 15) is 15.3 Å². The second kappa shape index (κ2) is 4.34. The summed E-state index contributed by atoms with van der Waals surface area (Å²) >= 11 is 0. The van der Waals surface area contributed by atoms with Crippen molar-refractivity contribution < 1.29 is 20.4 Å². The standard InChI is InChI=1S/C8H17NO4/c1-2-4(10)6-8(13)7(12)5(11)3-9-6/h4-13H,2-3H2,1H3. The van der Waals surface area contributed by atoms with Crippen LogP contribution in [0.25, 0.3) is 0 Å². The maximum atomic E-state index is 9.48. The summed E-state index contributed by atoms with van der Waals surface area (Å²) in [4.78, 5) is 0. The van der Waals surface area contributed by atoms with Gasteiger partial charge in [-0.1, -0.05) is 6.92 Å². The largest absolute Gasteiger partial charge is 0.391 e. The summed E-state index contributed by atoms with van der Waals surface area (Å²) in [5.74, 6) is 0. The number of hydrogen-bond acceptors (Lipinski definition) is 5. The molecule has 5 N–H and O–H groups in total. The minimum atomic E-state index is -1.17. The molecule has 13 heavy (non-hydrogen) atoms. The summed E-state index contributed by atoms with van der Waals surface area (Å²) < 4.78 is 0. The Bertz CT molecular complexity index is 166. The zero-order valence-electron chi connectivity index (χ0n) is 7.59. The number of hydrogen-bond donors (Lipinski definition) is 5. The first-order chi connectivity index (χ1) is 6.07. The molecule has 0 radical (unpaired) electrons. The summed E-state index contributed by atoms with van der Waals surface area (Å²) in [6, 6.07) is -0.552. The summed E-state index contributed by atoms with van der Waals surface area (Å²) in [6.45, 7) is 1.98. The molecule has 0 aromatic heterocycles. The lowest BCUT2D eigenvalue weighted by Gasteiger charge is -2.38. The van der Waals surface area contributed by atoms with Crippen molar-refractivity contribution in [3.05, 3.63) is 0 Å². The SMILES string of the molecule is CCC(O)C1NCC(O)C(O)C1O. The van der Waals surface area contributed by atoms with Crippen LogP contribution in [0, 0.1) is 0 Å². The van der Waals surface area contributed by atoms with Crippen LogP contribution in [0.3, 0.4) is 0 Å². The second-order valence-corrected chi connectivity index (χ2v) is 3.46. The van der Waals surface area contributed by atoms with Crippen LogP contribution in [0.2, 0.25) is 0 Å².